The lowest BCUT2D eigenvalue weighted by molar-refractivity contribution is 0.414. The maximum Gasteiger partial charge on any atom is 0.336 e. The van der Waals surface area contributed by atoms with Crippen molar-refractivity contribution in [3.63, 3.8) is 0 Å². The second kappa shape index (κ2) is 7.37. The average Bonchev–Trinajstić information content (AvgIpc) is 2.72. The molecule has 0 saturated heterocycles. The van der Waals surface area contributed by atoms with Crippen LogP contribution in [0, 0.1) is 0 Å². The number of hydrogen-bond donors (Lipinski definition) is 0. The fourth-order valence-electron chi connectivity index (χ4n) is 3.25. The first-order valence-corrected chi connectivity index (χ1v) is 9.10. The number of aromatic nitrogens is 2. The summed E-state index contributed by atoms with van der Waals surface area (Å²) in [4.78, 5) is 26.4. The van der Waals surface area contributed by atoms with Gasteiger partial charge in [0.15, 0.2) is 0 Å². The minimum absolute atomic E-state index is 0.302. The number of fused-ring (bicyclic) bond motifs is 1. The van der Waals surface area contributed by atoms with E-state index in [-0.39, 0.29) is 5.56 Å². The molecule has 0 aliphatic carbocycles. The summed E-state index contributed by atoms with van der Waals surface area (Å²) in [6.45, 7) is 0.302. The smallest absolute Gasteiger partial charge is 0.336 e. The molecular formula is C22H17ClN2O3. The van der Waals surface area contributed by atoms with Gasteiger partial charge in [-0.1, -0.05) is 35.9 Å². The van der Waals surface area contributed by atoms with Crippen molar-refractivity contribution >= 4 is 22.5 Å². The minimum Gasteiger partial charge on any atom is -0.497 e. The lowest BCUT2D eigenvalue weighted by Crippen LogP contribution is -2.39. The lowest BCUT2D eigenvalue weighted by atomic mass is 10.2. The third-order valence-corrected chi connectivity index (χ3v) is 4.85. The molecule has 4 rings (SSSR count). The molecule has 6 heteroatoms. The number of rotatable bonds is 4. The molecule has 0 amide bonds. The first kappa shape index (κ1) is 18.1. The predicted octanol–water partition coefficient (Wildman–Crippen LogP) is 3.86. The molecule has 0 spiro atoms. The maximum absolute atomic E-state index is 13.3. The van der Waals surface area contributed by atoms with Crippen LogP contribution in [0.3, 0.4) is 0 Å². The molecule has 0 unspecified atom stereocenters. The topological polar surface area (TPSA) is 53.2 Å². The standard InChI is InChI=1S/C22H17ClN2O3/c1-28-18-11-9-17(10-12-18)25-21(26)19-7-2-3-8-20(19)24(22(25)27)14-15-5-4-6-16(23)13-15/h2-13H,14H2,1H3. The van der Waals surface area contributed by atoms with E-state index in [2.05, 4.69) is 0 Å². The van der Waals surface area contributed by atoms with Gasteiger partial charge in [0.1, 0.15) is 5.75 Å². The van der Waals surface area contributed by atoms with Crippen LogP contribution >= 0.6 is 11.6 Å². The second-order valence-corrected chi connectivity index (χ2v) is 6.79. The van der Waals surface area contributed by atoms with E-state index in [4.69, 9.17) is 16.3 Å². The highest BCUT2D eigenvalue weighted by Gasteiger charge is 2.14. The van der Waals surface area contributed by atoms with E-state index in [9.17, 15) is 9.59 Å². The monoisotopic (exact) mass is 392 g/mol. The average molecular weight is 393 g/mol. The molecule has 0 N–H and O–H groups in total. The molecule has 3 aromatic carbocycles. The Hall–Kier alpha value is -3.31. The Morgan fingerprint density at radius 2 is 1.68 bits per heavy atom. The minimum atomic E-state index is -0.408. The molecule has 4 aromatic rings. The number of para-hydroxylation sites is 1. The molecular weight excluding hydrogens is 376 g/mol. The highest BCUT2D eigenvalue weighted by molar-refractivity contribution is 6.30. The van der Waals surface area contributed by atoms with Gasteiger partial charge in [0, 0.05) is 5.02 Å². The summed E-state index contributed by atoms with van der Waals surface area (Å²) in [6, 6.07) is 21.3. The summed E-state index contributed by atoms with van der Waals surface area (Å²) in [6.07, 6.45) is 0. The van der Waals surface area contributed by atoms with Crippen molar-refractivity contribution < 1.29 is 4.74 Å². The fourth-order valence-corrected chi connectivity index (χ4v) is 3.46. The molecule has 0 atom stereocenters. The number of nitrogens with zero attached hydrogens (tertiary/aromatic N) is 2. The molecule has 0 aliphatic rings. The Morgan fingerprint density at radius 3 is 2.39 bits per heavy atom. The molecule has 0 radical (unpaired) electrons. The second-order valence-electron chi connectivity index (χ2n) is 6.35. The summed E-state index contributed by atoms with van der Waals surface area (Å²) < 4.78 is 7.94. The third-order valence-electron chi connectivity index (χ3n) is 4.61. The summed E-state index contributed by atoms with van der Waals surface area (Å²) in [7, 11) is 1.56. The van der Waals surface area contributed by atoms with Crippen molar-refractivity contribution in [1.29, 1.82) is 0 Å². The van der Waals surface area contributed by atoms with E-state index < -0.39 is 5.69 Å². The molecule has 1 aromatic heterocycles. The van der Waals surface area contributed by atoms with Gasteiger partial charge < -0.3 is 4.74 Å². The molecule has 5 nitrogen and oxygen atoms in total. The highest BCUT2D eigenvalue weighted by atomic mass is 35.5. The lowest BCUT2D eigenvalue weighted by Gasteiger charge is -2.14. The van der Waals surface area contributed by atoms with Crippen molar-refractivity contribution in [2.75, 3.05) is 7.11 Å². The highest BCUT2D eigenvalue weighted by Crippen LogP contribution is 2.16. The number of methoxy groups -OCH3 is 1. The zero-order chi connectivity index (χ0) is 19.7. The van der Waals surface area contributed by atoms with Gasteiger partial charge >= 0.3 is 5.69 Å². The fraction of sp³-hybridized carbons (Fsp3) is 0.0909. The van der Waals surface area contributed by atoms with E-state index in [0.717, 1.165) is 5.56 Å². The van der Waals surface area contributed by atoms with E-state index in [0.29, 0.717) is 33.9 Å². The first-order chi connectivity index (χ1) is 13.6. The van der Waals surface area contributed by atoms with Crippen molar-refractivity contribution in [3.8, 4) is 11.4 Å². The van der Waals surface area contributed by atoms with Crippen LogP contribution < -0.4 is 16.0 Å². The van der Waals surface area contributed by atoms with Crippen LogP contribution in [-0.2, 0) is 6.54 Å². The van der Waals surface area contributed by atoms with Gasteiger partial charge in [0.05, 0.1) is 30.2 Å². The Kier molecular flexibility index (Phi) is 4.75. The Labute approximate surface area is 166 Å². The van der Waals surface area contributed by atoms with E-state index in [1.807, 2.05) is 24.3 Å². The number of benzene rings is 3. The van der Waals surface area contributed by atoms with Gasteiger partial charge in [-0.15, -0.1) is 0 Å². The van der Waals surface area contributed by atoms with E-state index >= 15 is 0 Å². The Morgan fingerprint density at radius 1 is 0.929 bits per heavy atom. The molecule has 0 aliphatic heterocycles. The first-order valence-electron chi connectivity index (χ1n) is 8.72. The van der Waals surface area contributed by atoms with Crippen molar-refractivity contribution in [1.82, 2.24) is 9.13 Å². The van der Waals surface area contributed by atoms with Gasteiger partial charge in [-0.25, -0.2) is 9.36 Å². The maximum atomic E-state index is 13.3. The van der Waals surface area contributed by atoms with Gasteiger partial charge in [0.2, 0.25) is 0 Å². The number of ether oxygens (including phenoxy) is 1. The number of hydrogen-bond acceptors (Lipinski definition) is 3. The SMILES string of the molecule is COc1ccc(-n2c(=O)c3ccccc3n(Cc3cccc(Cl)c3)c2=O)cc1. The summed E-state index contributed by atoms with van der Waals surface area (Å²) >= 11 is 6.10. The third kappa shape index (κ3) is 3.21. The van der Waals surface area contributed by atoms with Crippen LogP contribution in [0.2, 0.25) is 5.02 Å². The molecule has 0 saturated carbocycles. The number of halogens is 1. The Bertz CT molecular complexity index is 1270. The van der Waals surface area contributed by atoms with Crippen LogP contribution in [0.5, 0.6) is 5.75 Å². The van der Waals surface area contributed by atoms with Crippen LogP contribution in [0.15, 0.2) is 82.4 Å². The van der Waals surface area contributed by atoms with Crippen LogP contribution in [0.25, 0.3) is 16.6 Å². The molecule has 0 bridgehead atoms. The Balaban J connectivity index is 1.98. The van der Waals surface area contributed by atoms with Crippen LogP contribution in [-0.4, -0.2) is 16.2 Å². The van der Waals surface area contributed by atoms with Crippen molar-refractivity contribution in [3.05, 3.63) is 104 Å². The van der Waals surface area contributed by atoms with Crippen LogP contribution in [0.4, 0.5) is 0 Å². The summed E-state index contributed by atoms with van der Waals surface area (Å²) in [5.41, 5.74) is 1.19. The van der Waals surface area contributed by atoms with E-state index in [1.54, 1.807) is 60.2 Å². The predicted molar refractivity (Wildman–Crippen MR) is 111 cm³/mol. The zero-order valence-electron chi connectivity index (χ0n) is 15.1. The van der Waals surface area contributed by atoms with Crippen molar-refractivity contribution in [2.24, 2.45) is 0 Å². The van der Waals surface area contributed by atoms with E-state index in [1.165, 1.54) is 4.57 Å². The van der Waals surface area contributed by atoms with Gasteiger partial charge in [-0.05, 0) is 54.1 Å². The largest absolute Gasteiger partial charge is 0.497 e. The van der Waals surface area contributed by atoms with Crippen LogP contribution in [0.1, 0.15) is 5.56 Å². The van der Waals surface area contributed by atoms with Gasteiger partial charge in [-0.2, -0.15) is 0 Å². The van der Waals surface area contributed by atoms with Gasteiger partial charge in [0.25, 0.3) is 5.56 Å². The zero-order valence-corrected chi connectivity index (χ0v) is 15.9. The summed E-state index contributed by atoms with van der Waals surface area (Å²) in [5, 5.41) is 1.07. The molecule has 28 heavy (non-hydrogen) atoms. The molecule has 1 heterocycles. The quantitative estimate of drug-likeness (QED) is 0.530. The molecule has 0 fully saturated rings. The normalized spacial score (nSPS) is 10.9. The van der Waals surface area contributed by atoms with Gasteiger partial charge in [-0.3, -0.25) is 9.36 Å². The van der Waals surface area contributed by atoms with Crippen molar-refractivity contribution in [2.45, 2.75) is 6.54 Å². The summed E-state index contributed by atoms with van der Waals surface area (Å²) in [5.74, 6) is 0.650. The molecule has 140 valence electrons.